The van der Waals surface area contributed by atoms with Crippen LogP contribution in [0.15, 0.2) is 131 Å². The number of nitrogens with one attached hydrogen (secondary N) is 3. The van der Waals surface area contributed by atoms with Gasteiger partial charge in [-0.25, -0.2) is 4.99 Å². The van der Waals surface area contributed by atoms with E-state index in [-0.39, 0.29) is 12.3 Å². The van der Waals surface area contributed by atoms with Crippen LogP contribution in [0.5, 0.6) is 0 Å². The summed E-state index contributed by atoms with van der Waals surface area (Å²) < 4.78 is 6.25. The average Bonchev–Trinajstić information content (AvgIpc) is 3.47. The van der Waals surface area contributed by atoms with Crippen molar-refractivity contribution in [3.63, 3.8) is 0 Å². The topological polar surface area (TPSA) is 61.6 Å². The van der Waals surface area contributed by atoms with Crippen molar-refractivity contribution in [1.82, 2.24) is 16.0 Å². The first-order valence-corrected chi connectivity index (χ1v) is 14.7. The molecule has 0 saturated heterocycles. The molecule has 5 heteroatoms. The van der Waals surface area contributed by atoms with Crippen LogP contribution in [0.25, 0.3) is 49.4 Å². The highest BCUT2D eigenvalue weighted by molar-refractivity contribution is 6.20. The second-order valence-corrected chi connectivity index (χ2v) is 11.3. The molecule has 3 heterocycles. The molecule has 2 aliphatic heterocycles. The van der Waals surface area contributed by atoms with Crippen molar-refractivity contribution < 1.29 is 4.42 Å². The maximum atomic E-state index is 6.25. The lowest BCUT2D eigenvalue weighted by Gasteiger charge is -2.33. The van der Waals surface area contributed by atoms with Crippen LogP contribution >= 0.6 is 0 Å². The van der Waals surface area contributed by atoms with Gasteiger partial charge in [-0.3, -0.25) is 5.32 Å². The summed E-state index contributed by atoms with van der Waals surface area (Å²) in [5, 5.41) is 19.6. The Morgan fingerprint density at radius 1 is 0.674 bits per heavy atom. The van der Waals surface area contributed by atoms with Gasteiger partial charge in [0.05, 0.1) is 0 Å². The molecule has 206 valence electrons. The molecule has 0 aliphatic carbocycles. The van der Waals surface area contributed by atoms with Gasteiger partial charge in [-0.05, 0) is 55.6 Å². The standard InChI is InChI=1S/C38H28N4O/c1-2-9-25(10-3-1)36-40-37(42-38(41-36)30-14-7-15-33-35(30)31-22-39-21-20-32(31)43-33)29-13-6-12-28-27(29)19-18-24-17-16-23-8-4-5-11-26(23)34(24)28/h1-21,36-37,39-40H,22H2,(H,41,42). The van der Waals surface area contributed by atoms with Gasteiger partial charge in [0.25, 0.3) is 0 Å². The Balaban J connectivity index is 1.24. The van der Waals surface area contributed by atoms with E-state index in [1.165, 1.54) is 37.9 Å². The number of aliphatic imine (C=N–C) groups is 1. The number of benzene rings is 6. The Labute approximate surface area is 248 Å². The fraction of sp³-hybridized carbons (Fsp3) is 0.0789. The van der Waals surface area contributed by atoms with E-state index in [1.54, 1.807) is 0 Å². The molecule has 0 radical (unpaired) electrons. The molecule has 43 heavy (non-hydrogen) atoms. The van der Waals surface area contributed by atoms with Crippen LogP contribution in [0.4, 0.5) is 0 Å². The summed E-state index contributed by atoms with van der Waals surface area (Å²) in [6.07, 6.45) is 3.54. The number of fused-ring (bicyclic) bond motifs is 8. The highest BCUT2D eigenvalue weighted by Crippen LogP contribution is 2.37. The Kier molecular flexibility index (Phi) is 5.40. The number of furan rings is 1. The van der Waals surface area contributed by atoms with Crippen molar-refractivity contribution in [2.75, 3.05) is 0 Å². The monoisotopic (exact) mass is 556 g/mol. The van der Waals surface area contributed by atoms with E-state index in [0.29, 0.717) is 0 Å². The third kappa shape index (κ3) is 3.86. The number of hydrogen-bond donors (Lipinski definition) is 3. The van der Waals surface area contributed by atoms with Gasteiger partial charge in [-0.15, -0.1) is 0 Å². The smallest absolute Gasteiger partial charge is 0.135 e. The second-order valence-electron chi connectivity index (χ2n) is 11.3. The molecule has 0 saturated carbocycles. The molecular weight excluding hydrogens is 528 g/mol. The molecule has 0 amide bonds. The molecule has 2 atom stereocenters. The highest BCUT2D eigenvalue weighted by atomic mass is 16.3. The van der Waals surface area contributed by atoms with Crippen LogP contribution in [-0.4, -0.2) is 5.84 Å². The van der Waals surface area contributed by atoms with Crippen LogP contribution in [0.1, 0.15) is 40.3 Å². The number of rotatable bonds is 3. The van der Waals surface area contributed by atoms with E-state index < -0.39 is 0 Å². The quantitative estimate of drug-likeness (QED) is 0.192. The molecule has 0 bridgehead atoms. The summed E-state index contributed by atoms with van der Waals surface area (Å²) in [7, 11) is 0. The minimum absolute atomic E-state index is 0.176. The van der Waals surface area contributed by atoms with Gasteiger partial charge in [0.2, 0.25) is 0 Å². The van der Waals surface area contributed by atoms with Crippen molar-refractivity contribution >= 4 is 55.2 Å². The van der Waals surface area contributed by atoms with E-state index in [9.17, 15) is 0 Å². The Hall–Kier alpha value is -5.39. The molecule has 2 aliphatic rings. The van der Waals surface area contributed by atoms with Crippen molar-refractivity contribution in [3.05, 3.63) is 149 Å². The largest absolute Gasteiger partial charge is 0.456 e. The van der Waals surface area contributed by atoms with E-state index in [1.807, 2.05) is 24.4 Å². The van der Waals surface area contributed by atoms with E-state index in [0.717, 1.165) is 45.8 Å². The normalized spacial score (nSPS) is 18.0. The third-order valence-electron chi connectivity index (χ3n) is 8.82. The molecule has 0 spiro atoms. The number of amidine groups is 1. The van der Waals surface area contributed by atoms with E-state index >= 15 is 0 Å². The van der Waals surface area contributed by atoms with Gasteiger partial charge in [-0.2, -0.15) is 0 Å². The number of hydrogen-bond acceptors (Lipinski definition) is 5. The molecule has 2 unspecified atom stereocenters. The lowest BCUT2D eigenvalue weighted by molar-refractivity contribution is 0.411. The molecule has 7 aromatic rings. The third-order valence-corrected chi connectivity index (χ3v) is 8.82. The summed E-state index contributed by atoms with van der Waals surface area (Å²) in [6, 6.07) is 41.0. The molecule has 9 rings (SSSR count). The number of nitrogens with zero attached hydrogens (tertiary/aromatic N) is 1. The minimum Gasteiger partial charge on any atom is -0.456 e. The van der Waals surface area contributed by atoms with Crippen molar-refractivity contribution in [1.29, 1.82) is 0 Å². The first-order chi connectivity index (χ1) is 21.3. The zero-order valence-electron chi connectivity index (χ0n) is 23.3. The van der Waals surface area contributed by atoms with Crippen molar-refractivity contribution in [2.24, 2.45) is 4.99 Å². The second kappa shape index (κ2) is 9.58. The fourth-order valence-corrected chi connectivity index (χ4v) is 6.83. The Morgan fingerprint density at radius 2 is 1.49 bits per heavy atom. The summed E-state index contributed by atoms with van der Waals surface area (Å²) >= 11 is 0. The van der Waals surface area contributed by atoms with Crippen LogP contribution in [-0.2, 0) is 6.54 Å². The van der Waals surface area contributed by atoms with Gasteiger partial charge in [-0.1, -0.05) is 109 Å². The minimum atomic E-state index is -0.227. The summed E-state index contributed by atoms with van der Waals surface area (Å²) in [6.45, 7) is 0.720. The fourth-order valence-electron chi connectivity index (χ4n) is 6.83. The van der Waals surface area contributed by atoms with Gasteiger partial charge >= 0.3 is 0 Å². The maximum absolute atomic E-state index is 6.25. The first-order valence-electron chi connectivity index (χ1n) is 14.7. The molecule has 3 N–H and O–H groups in total. The van der Waals surface area contributed by atoms with E-state index in [2.05, 4.69) is 119 Å². The van der Waals surface area contributed by atoms with Crippen molar-refractivity contribution in [2.45, 2.75) is 18.9 Å². The molecular formula is C38H28N4O. The van der Waals surface area contributed by atoms with Crippen LogP contribution in [0, 0.1) is 0 Å². The van der Waals surface area contributed by atoms with E-state index in [4.69, 9.17) is 9.41 Å². The Morgan fingerprint density at radius 3 is 2.44 bits per heavy atom. The summed E-state index contributed by atoms with van der Waals surface area (Å²) in [5.74, 6) is 1.75. The Bertz CT molecular complexity index is 2260. The van der Waals surface area contributed by atoms with Gasteiger partial charge in [0, 0.05) is 29.3 Å². The zero-order chi connectivity index (χ0) is 28.3. The van der Waals surface area contributed by atoms with Crippen LogP contribution in [0.2, 0.25) is 0 Å². The summed E-state index contributed by atoms with van der Waals surface area (Å²) in [5.41, 5.74) is 5.38. The highest BCUT2D eigenvalue weighted by Gasteiger charge is 2.29. The molecule has 1 aromatic heterocycles. The summed E-state index contributed by atoms with van der Waals surface area (Å²) in [4.78, 5) is 5.26. The lowest BCUT2D eigenvalue weighted by Crippen LogP contribution is -2.45. The first kappa shape index (κ1) is 24.2. The predicted octanol–water partition coefficient (Wildman–Crippen LogP) is 8.30. The van der Waals surface area contributed by atoms with Crippen LogP contribution < -0.4 is 16.0 Å². The van der Waals surface area contributed by atoms with Gasteiger partial charge in [0.1, 0.15) is 29.5 Å². The lowest BCUT2D eigenvalue weighted by atomic mass is 9.93. The molecule has 6 aromatic carbocycles. The zero-order valence-corrected chi connectivity index (χ0v) is 23.3. The van der Waals surface area contributed by atoms with Crippen LogP contribution in [0.3, 0.4) is 0 Å². The molecule has 5 nitrogen and oxygen atoms in total. The molecule has 0 fully saturated rings. The van der Waals surface area contributed by atoms with Gasteiger partial charge in [0.15, 0.2) is 0 Å². The average molecular weight is 557 g/mol. The van der Waals surface area contributed by atoms with Crippen molar-refractivity contribution in [3.8, 4) is 0 Å². The maximum Gasteiger partial charge on any atom is 0.135 e. The van der Waals surface area contributed by atoms with Gasteiger partial charge < -0.3 is 15.1 Å². The SMILES string of the molecule is C1=Cc2oc3cccc(C4=NC(c5ccccc5)NC(c5cccc6c5ccc5ccc7ccccc7c56)N4)c3c2CN1. The predicted molar refractivity (Wildman–Crippen MR) is 176 cm³/mol.